The molecule has 0 unspecified atom stereocenters. The SMILES string of the molecule is Cc1ccsc1C=C1SC(=O)N(Cc2cccc([N+](=O)[O-])c2)C1=O. The summed E-state index contributed by atoms with van der Waals surface area (Å²) in [5.74, 6) is -0.371. The second kappa shape index (κ2) is 6.58. The van der Waals surface area contributed by atoms with Gasteiger partial charge in [-0.1, -0.05) is 12.1 Å². The van der Waals surface area contributed by atoms with Crippen molar-refractivity contribution in [2.75, 3.05) is 0 Å². The van der Waals surface area contributed by atoms with Gasteiger partial charge in [-0.3, -0.25) is 24.6 Å². The van der Waals surface area contributed by atoms with Gasteiger partial charge in [0.25, 0.3) is 16.8 Å². The summed E-state index contributed by atoms with van der Waals surface area (Å²) in [5.41, 5.74) is 1.52. The minimum absolute atomic E-state index is 0.0209. The smallest absolute Gasteiger partial charge is 0.268 e. The Morgan fingerprint density at radius 2 is 2.08 bits per heavy atom. The molecule has 1 aliphatic heterocycles. The Bertz CT molecular complexity index is 872. The first-order valence-corrected chi connectivity index (χ1v) is 8.68. The quantitative estimate of drug-likeness (QED) is 0.464. The van der Waals surface area contributed by atoms with Crippen molar-refractivity contribution in [2.24, 2.45) is 0 Å². The second-order valence-electron chi connectivity index (χ2n) is 5.16. The van der Waals surface area contributed by atoms with E-state index in [9.17, 15) is 19.7 Å². The van der Waals surface area contributed by atoms with Crippen LogP contribution in [0.3, 0.4) is 0 Å². The number of nitro groups is 1. The van der Waals surface area contributed by atoms with Crippen LogP contribution in [-0.4, -0.2) is 21.0 Å². The van der Waals surface area contributed by atoms with Crippen molar-refractivity contribution in [3.8, 4) is 0 Å². The molecule has 2 aromatic rings. The van der Waals surface area contributed by atoms with Gasteiger partial charge in [-0.15, -0.1) is 11.3 Å². The molecule has 0 N–H and O–H groups in total. The van der Waals surface area contributed by atoms with Crippen molar-refractivity contribution in [1.82, 2.24) is 4.90 Å². The second-order valence-corrected chi connectivity index (χ2v) is 7.10. The van der Waals surface area contributed by atoms with E-state index in [4.69, 9.17) is 0 Å². The van der Waals surface area contributed by atoms with E-state index < -0.39 is 4.92 Å². The molecule has 0 spiro atoms. The highest BCUT2D eigenvalue weighted by molar-refractivity contribution is 8.18. The molecule has 1 aromatic carbocycles. The number of imide groups is 1. The van der Waals surface area contributed by atoms with Crippen molar-refractivity contribution in [1.29, 1.82) is 0 Å². The Labute approximate surface area is 145 Å². The summed E-state index contributed by atoms with van der Waals surface area (Å²) in [6.07, 6.45) is 1.72. The van der Waals surface area contributed by atoms with Gasteiger partial charge in [0.15, 0.2) is 0 Å². The number of aryl methyl sites for hydroxylation is 1. The maximum absolute atomic E-state index is 12.5. The lowest BCUT2D eigenvalue weighted by atomic mass is 10.2. The van der Waals surface area contributed by atoms with E-state index in [1.54, 1.807) is 12.1 Å². The fraction of sp³-hybridized carbons (Fsp3) is 0.125. The van der Waals surface area contributed by atoms with Gasteiger partial charge in [-0.25, -0.2) is 0 Å². The molecule has 122 valence electrons. The van der Waals surface area contributed by atoms with E-state index in [1.165, 1.54) is 29.5 Å². The average Bonchev–Trinajstić information content (AvgIpc) is 3.06. The minimum Gasteiger partial charge on any atom is -0.268 e. The Morgan fingerprint density at radius 3 is 2.75 bits per heavy atom. The summed E-state index contributed by atoms with van der Waals surface area (Å²) in [6.45, 7) is 1.96. The first-order chi connectivity index (χ1) is 11.5. The molecule has 24 heavy (non-hydrogen) atoms. The molecule has 1 aromatic heterocycles. The third-order valence-corrected chi connectivity index (χ3v) is 5.37. The zero-order valence-corrected chi connectivity index (χ0v) is 14.2. The molecule has 0 radical (unpaired) electrons. The van der Waals surface area contributed by atoms with Gasteiger partial charge in [0.1, 0.15) is 0 Å². The molecule has 1 aliphatic rings. The van der Waals surface area contributed by atoms with Gasteiger partial charge >= 0.3 is 0 Å². The standard InChI is InChI=1S/C16H12N2O4S2/c1-10-5-6-23-13(10)8-14-15(19)17(16(20)24-14)9-11-3-2-4-12(7-11)18(21)22/h2-8H,9H2,1H3. The largest absolute Gasteiger partial charge is 0.293 e. The van der Waals surface area contributed by atoms with Crippen LogP contribution in [0.1, 0.15) is 16.0 Å². The summed E-state index contributed by atoms with van der Waals surface area (Å²) >= 11 is 2.39. The Morgan fingerprint density at radius 1 is 1.29 bits per heavy atom. The number of thiophene rings is 1. The van der Waals surface area contributed by atoms with Crippen LogP contribution < -0.4 is 0 Å². The summed E-state index contributed by atoms with van der Waals surface area (Å²) in [4.78, 5) is 37.3. The van der Waals surface area contributed by atoms with E-state index in [0.717, 1.165) is 27.1 Å². The molecule has 0 atom stereocenters. The number of hydrogen-bond donors (Lipinski definition) is 0. The van der Waals surface area contributed by atoms with E-state index in [1.807, 2.05) is 18.4 Å². The molecule has 1 saturated heterocycles. The van der Waals surface area contributed by atoms with E-state index >= 15 is 0 Å². The third kappa shape index (κ3) is 3.24. The zero-order chi connectivity index (χ0) is 17.3. The highest BCUT2D eigenvalue weighted by Crippen LogP contribution is 2.34. The Balaban J connectivity index is 1.82. The molecule has 6 nitrogen and oxygen atoms in total. The Kier molecular flexibility index (Phi) is 4.50. The van der Waals surface area contributed by atoms with Crippen molar-refractivity contribution in [2.45, 2.75) is 13.5 Å². The van der Waals surface area contributed by atoms with Crippen molar-refractivity contribution < 1.29 is 14.5 Å². The fourth-order valence-electron chi connectivity index (χ4n) is 2.24. The van der Waals surface area contributed by atoms with Crippen LogP contribution in [0.2, 0.25) is 0 Å². The van der Waals surface area contributed by atoms with Crippen LogP contribution in [0.25, 0.3) is 6.08 Å². The highest BCUT2D eigenvalue weighted by atomic mass is 32.2. The normalized spacial score (nSPS) is 16.2. The maximum atomic E-state index is 12.5. The molecule has 1 fully saturated rings. The lowest BCUT2D eigenvalue weighted by Crippen LogP contribution is -2.27. The molecule has 2 amide bonds. The van der Waals surface area contributed by atoms with E-state index in [2.05, 4.69) is 0 Å². The predicted octanol–water partition coefficient (Wildman–Crippen LogP) is 4.20. The third-order valence-electron chi connectivity index (χ3n) is 3.50. The molecule has 0 bridgehead atoms. The van der Waals surface area contributed by atoms with Crippen LogP contribution in [-0.2, 0) is 11.3 Å². The maximum Gasteiger partial charge on any atom is 0.293 e. The average molecular weight is 360 g/mol. The zero-order valence-electron chi connectivity index (χ0n) is 12.6. The van der Waals surface area contributed by atoms with Crippen LogP contribution in [0, 0.1) is 17.0 Å². The molecular weight excluding hydrogens is 348 g/mol. The number of benzene rings is 1. The van der Waals surface area contributed by atoms with Crippen molar-refractivity contribution in [3.05, 3.63) is 66.7 Å². The Hall–Kier alpha value is -2.45. The first kappa shape index (κ1) is 16.4. The number of hydrogen-bond acceptors (Lipinski definition) is 6. The lowest BCUT2D eigenvalue weighted by molar-refractivity contribution is -0.384. The van der Waals surface area contributed by atoms with E-state index in [-0.39, 0.29) is 23.4 Å². The number of rotatable bonds is 4. The summed E-state index contributed by atoms with van der Waals surface area (Å²) in [7, 11) is 0. The van der Waals surface area contributed by atoms with Crippen LogP contribution >= 0.6 is 23.1 Å². The number of carbonyl (C=O) groups is 2. The molecular formula is C16H12N2O4S2. The van der Waals surface area contributed by atoms with Crippen LogP contribution in [0.5, 0.6) is 0 Å². The van der Waals surface area contributed by atoms with Crippen LogP contribution in [0.4, 0.5) is 10.5 Å². The number of non-ortho nitro benzene ring substituents is 1. The first-order valence-electron chi connectivity index (χ1n) is 6.98. The van der Waals surface area contributed by atoms with Crippen LogP contribution in [0.15, 0.2) is 40.6 Å². The number of amides is 2. The molecule has 2 heterocycles. The summed E-state index contributed by atoms with van der Waals surface area (Å²) in [6, 6.07) is 7.89. The number of nitro benzene ring substituents is 1. The topological polar surface area (TPSA) is 80.5 Å². The van der Waals surface area contributed by atoms with Gasteiger partial charge < -0.3 is 0 Å². The van der Waals surface area contributed by atoms with Gasteiger partial charge in [0, 0.05) is 17.0 Å². The predicted molar refractivity (Wildman–Crippen MR) is 93.7 cm³/mol. The van der Waals surface area contributed by atoms with E-state index in [0.29, 0.717) is 10.5 Å². The summed E-state index contributed by atoms with van der Waals surface area (Å²) in [5, 5.41) is 12.4. The number of carbonyl (C=O) groups excluding carboxylic acids is 2. The monoisotopic (exact) mass is 360 g/mol. The lowest BCUT2D eigenvalue weighted by Gasteiger charge is -2.12. The fourth-order valence-corrected chi connectivity index (χ4v) is 3.99. The molecule has 3 rings (SSSR count). The number of thioether (sulfide) groups is 1. The van der Waals surface area contributed by atoms with Gasteiger partial charge in [0.2, 0.25) is 0 Å². The van der Waals surface area contributed by atoms with Gasteiger partial charge in [-0.2, -0.15) is 0 Å². The van der Waals surface area contributed by atoms with Gasteiger partial charge in [-0.05, 0) is 47.3 Å². The van der Waals surface area contributed by atoms with Crippen molar-refractivity contribution in [3.63, 3.8) is 0 Å². The van der Waals surface area contributed by atoms with Gasteiger partial charge in [0.05, 0.1) is 16.4 Å². The highest BCUT2D eigenvalue weighted by Gasteiger charge is 2.35. The summed E-state index contributed by atoms with van der Waals surface area (Å²) < 4.78 is 0. The molecule has 0 saturated carbocycles. The minimum atomic E-state index is -0.503. The number of nitrogens with zero attached hydrogens (tertiary/aromatic N) is 2. The van der Waals surface area contributed by atoms with Crippen molar-refractivity contribution >= 4 is 46.0 Å². The molecule has 8 heteroatoms. The molecule has 0 aliphatic carbocycles.